The molecule has 144 valence electrons. The monoisotopic (exact) mass is 429 g/mol. The summed E-state index contributed by atoms with van der Waals surface area (Å²) in [5.74, 6) is 1.47. The molecule has 0 fully saturated rings. The highest BCUT2D eigenvalue weighted by atomic mass is 32.2. The minimum atomic E-state index is 0.0161. The number of ether oxygens (including phenoxy) is 1. The Balaban J connectivity index is 1.60. The summed E-state index contributed by atoms with van der Waals surface area (Å²) in [7, 11) is 3.45. The molecule has 4 aromatic rings. The van der Waals surface area contributed by atoms with Gasteiger partial charge in [-0.2, -0.15) is 0 Å². The van der Waals surface area contributed by atoms with Crippen molar-refractivity contribution in [2.24, 2.45) is 7.05 Å². The lowest BCUT2D eigenvalue weighted by Crippen LogP contribution is -2.19. The number of aryl methyl sites for hydroxylation is 2. The predicted octanol–water partition coefficient (Wildman–Crippen LogP) is 5.04. The minimum Gasteiger partial charge on any atom is -0.496 e. The highest BCUT2D eigenvalue weighted by Crippen LogP contribution is 2.33. The zero-order chi connectivity index (χ0) is 19.8. The molecule has 0 N–H and O–H groups in total. The average Bonchev–Trinajstić information content (AvgIpc) is 3.28. The molecule has 0 atom stereocenters. The molecule has 4 rings (SSSR count). The van der Waals surface area contributed by atoms with Crippen LogP contribution in [0.4, 0.5) is 0 Å². The fourth-order valence-electron chi connectivity index (χ4n) is 2.94. The number of fused-ring (bicyclic) bond motifs is 1. The second kappa shape index (κ2) is 7.69. The summed E-state index contributed by atoms with van der Waals surface area (Å²) in [6, 6.07) is 7.87. The fraction of sp³-hybridized carbons (Fsp3) is 0.250. The Morgan fingerprint density at radius 3 is 2.79 bits per heavy atom. The molecule has 0 spiro atoms. The molecule has 0 aliphatic carbocycles. The van der Waals surface area contributed by atoms with Crippen LogP contribution >= 0.6 is 34.4 Å². The van der Waals surface area contributed by atoms with Crippen molar-refractivity contribution in [3.63, 3.8) is 0 Å². The topological polar surface area (TPSA) is 57.0 Å². The maximum Gasteiger partial charge on any atom is 0.262 e. The number of rotatable bonds is 5. The van der Waals surface area contributed by atoms with Crippen LogP contribution in [-0.4, -0.2) is 21.6 Å². The zero-order valence-corrected chi connectivity index (χ0v) is 18.4. The van der Waals surface area contributed by atoms with Gasteiger partial charge in [0.1, 0.15) is 15.6 Å². The van der Waals surface area contributed by atoms with Gasteiger partial charge < -0.3 is 4.74 Å². The molecule has 3 aromatic heterocycles. The third-order valence-electron chi connectivity index (χ3n) is 4.61. The Bertz CT molecular complexity index is 1220. The van der Waals surface area contributed by atoms with Crippen molar-refractivity contribution in [3.8, 4) is 16.3 Å². The number of para-hydroxylation sites is 1. The molecule has 0 unspecified atom stereocenters. The number of nitrogens with zero attached hydrogens (tertiary/aromatic N) is 3. The van der Waals surface area contributed by atoms with Crippen LogP contribution in [0.2, 0.25) is 0 Å². The van der Waals surface area contributed by atoms with Gasteiger partial charge in [0.05, 0.1) is 23.8 Å². The van der Waals surface area contributed by atoms with E-state index in [1.165, 1.54) is 11.8 Å². The van der Waals surface area contributed by atoms with Gasteiger partial charge in [-0.25, -0.2) is 9.97 Å². The van der Waals surface area contributed by atoms with Gasteiger partial charge in [-0.3, -0.25) is 9.36 Å². The Hall–Kier alpha value is -2.16. The number of hydrogen-bond acceptors (Lipinski definition) is 7. The van der Waals surface area contributed by atoms with Gasteiger partial charge in [0.25, 0.3) is 5.56 Å². The van der Waals surface area contributed by atoms with E-state index in [2.05, 4.69) is 0 Å². The smallest absolute Gasteiger partial charge is 0.262 e. The first-order valence-corrected chi connectivity index (χ1v) is 11.3. The molecule has 0 saturated carbocycles. The molecule has 8 heteroatoms. The van der Waals surface area contributed by atoms with Gasteiger partial charge in [0.2, 0.25) is 0 Å². The number of benzene rings is 1. The summed E-state index contributed by atoms with van der Waals surface area (Å²) in [4.78, 5) is 24.2. The molecule has 5 nitrogen and oxygen atoms in total. The number of methoxy groups -OCH3 is 1. The van der Waals surface area contributed by atoms with Crippen molar-refractivity contribution in [2.75, 3.05) is 7.11 Å². The molecular weight excluding hydrogens is 410 g/mol. The molecule has 0 bridgehead atoms. The summed E-state index contributed by atoms with van der Waals surface area (Å²) in [6.45, 7) is 4.02. The molecule has 3 heterocycles. The molecule has 28 heavy (non-hydrogen) atoms. The summed E-state index contributed by atoms with van der Waals surface area (Å²) in [5, 5.41) is 4.42. The molecule has 0 radical (unpaired) electrons. The van der Waals surface area contributed by atoms with Crippen molar-refractivity contribution in [1.29, 1.82) is 0 Å². The highest BCUT2D eigenvalue weighted by molar-refractivity contribution is 7.98. The van der Waals surface area contributed by atoms with Crippen LogP contribution in [0.1, 0.15) is 16.1 Å². The first kappa shape index (κ1) is 19.2. The van der Waals surface area contributed by atoms with Gasteiger partial charge in [-0.1, -0.05) is 23.9 Å². The molecule has 0 aliphatic rings. The van der Waals surface area contributed by atoms with Crippen molar-refractivity contribution in [1.82, 2.24) is 14.5 Å². The molecule has 0 aliphatic heterocycles. The summed E-state index contributed by atoms with van der Waals surface area (Å²) in [5.41, 5.74) is 3.00. The van der Waals surface area contributed by atoms with Gasteiger partial charge >= 0.3 is 0 Å². The van der Waals surface area contributed by atoms with Crippen molar-refractivity contribution in [2.45, 2.75) is 24.8 Å². The van der Waals surface area contributed by atoms with Crippen molar-refractivity contribution in [3.05, 3.63) is 56.1 Å². The summed E-state index contributed by atoms with van der Waals surface area (Å²) in [6.07, 6.45) is 0. The Labute approximate surface area is 175 Å². The van der Waals surface area contributed by atoms with E-state index >= 15 is 0 Å². The van der Waals surface area contributed by atoms with E-state index in [0.29, 0.717) is 10.9 Å². The number of hydrogen-bond donors (Lipinski definition) is 0. The lowest BCUT2D eigenvalue weighted by atomic mass is 10.2. The van der Waals surface area contributed by atoms with E-state index in [9.17, 15) is 4.79 Å². The molecule has 0 saturated heterocycles. The fourth-order valence-corrected chi connectivity index (χ4v) is 5.83. The largest absolute Gasteiger partial charge is 0.496 e. The van der Waals surface area contributed by atoms with E-state index < -0.39 is 0 Å². The van der Waals surface area contributed by atoms with Crippen molar-refractivity contribution >= 4 is 44.7 Å². The van der Waals surface area contributed by atoms with Gasteiger partial charge in [0, 0.05) is 23.1 Å². The third kappa shape index (κ3) is 3.36. The lowest BCUT2D eigenvalue weighted by Gasteiger charge is -2.06. The maximum absolute atomic E-state index is 12.7. The number of thiazole rings is 1. The maximum atomic E-state index is 12.7. The van der Waals surface area contributed by atoms with E-state index in [4.69, 9.17) is 14.7 Å². The van der Waals surface area contributed by atoms with E-state index in [-0.39, 0.29) is 5.56 Å². The molecular formula is C20H19N3O2S3. The Morgan fingerprint density at radius 2 is 2.00 bits per heavy atom. The van der Waals surface area contributed by atoms with Crippen LogP contribution in [0.15, 0.2) is 39.6 Å². The second-order valence-electron chi connectivity index (χ2n) is 6.35. The van der Waals surface area contributed by atoms with Crippen LogP contribution < -0.4 is 10.3 Å². The second-order valence-corrected chi connectivity index (χ2v) is 9.36. The summed E-state index contributed by atoms with van der Waals surface area (Å²) >= 11 is 4.70. The summed E-state index contributed by atoms with van der Waals surface area (Å²) < 4.78 is 7.07. The first-order valence-electron chi connectivity index (χ1n) is 8.67. The Morgan fingerprint density at radius 1 is 1.21 bits per heavy atom. The van der Waals surface area contributed by atoms with Crippen molar-refractivity contribution < 1.29 is 4.74 Å². The van der Waals surface area contributed by atoms with Gasteiger partial charge in [0.15, 0.2) is 5.16 Å². The SMILES string of the molecule is COc1ccccc1-c1nc(CSc2nc3sc(C)c(C)c3c(=O)n2C)cs1. The van der Waals surface area contributed by atoms with Crippen LogP contribution in [0, 0.1) is 13.8 Å². The van der Waals surface area contributed by atoms with E-state index in [1.54, 1.807) is 41.4 Å². The molecule has 0 amide bonds. The predicted molar refractivity (Wildman–Crippen MR) is 118 cm³/mol. The van der Waals surface area contributed by atoms with Gasteiger partial charge in [-0.05, 0) is 31.5 Å². The highest BCUT2D eigenvalue weighted by Gasteiger charge is 2.16. The average molecular weight is 430 g/mol. The van der Waals surface area contributed by atoms with Crippen LogP contribution in [-0.2, 0) is 12.8 Å². The van der Waals surface area contributed by atoms with E-state index in [1.807, 2.05) is 43.5 Å². The van der Waals surface area contributed by atoms with Gasteiger partial charge in [-0.15, -0.1) is 22.7 Å². The van der Waals surface area contributed by atoms with Crippen LogP contribution in [0.25, 0.3) is 20.8 Å². The quantitative estimate of drug-likeness (QED) is 0.329. The first-order chi connectivity index (χ1) is 13.5. The number of thiophene rings is 1. The zero-order valence-electron chi connectivity index (χ0n) is 16.0. The van der Waals surface area contributed by atoms with Crippen LogP contribution in [0.5, 0.6) is 5.75 Å². The minimum absolute atomic E-state index is 0.0161. The standard InChI is InChI=1S/C20H19N3O2S3/c1-11-12(2)28-18-16(11)19(24)23(3)20(22-18)27-10-13-9-26-17(21-13)14-7-5-6-8-15(14)25-4/h5-9H,10H2,1-4H3. The molecule has 1 aromatic carbocycles. The number of thioether (sulfide) groups is 1. The lowest BCUT2D eigenvalue weighted by molar-refractivity contribution is 0.416. The third-order valence-corrected chi connectivity index (χ3v) is 7.70. The normalized spacial score (nSPS) is 11.3. The van der Waals surface area contributed by atoms with Crippen LogP contribution in [0.3, 0.4) is 0 Å². The van der Waals surface area contributed by atoms with E-state index in [0.717, 1.165) is 42.7 Å². The Kier molecular flexibility index (Phi) is 5.27. The number of aromatic nitrogens is 3.